The Bertz CT molecular complexity index is 1160. The zero-order valence-electron chi connectivity index (χ0n) is 17.3. The number of anilines is 1. The van der Waals surface area contributed by atoms with Crippen LogP contribution in [0.1, 0.15) is 40.9 Å². The fourth-order valence-electron chi connectivity index (χ4n) is 3.71. The molecule has 0 unspecified atom stereocenters. The second-order valence-corrected chi connectivity index (χ2v) is 8.96. The monoisotopic (exact) mass is 436 g/mol. The molecule has 8 heteroatoms. The Labute approximate surface area is 184 Å². The normalized spacial score (nSPS) is 13.8. The molecule has 0 spiro atoms. The summed E-state index contributed by atoms with van der Waals surface area (Å²) >= 11 is 1.57. The molecule has 31 heavy (non-hydrogen) atoms. The van der Waals surface area contributed by atoms with Gasteiger partial charge in [-0.2, -0.15) is 5.10 Å². The number of nitrogens with zero attached hydrogens (tertiary/aromatic N) is 2. The van der Waals surface area contributed by atoms with E-state index in [0.29, 0.717) is 16.9 Å². The van der Waals surface area contributed by atoms with Crippen molar-refractivity contribution in [1.82, 2.24) is 15.1 Å². The maximum Gasteiger partial charge on any atom is 0.267 e. The molecule has 160 valence electrons. The molecule has 0 radical (unpaired) electrons. The predicted molar refractivity (Wildman–Crippen MR) is 121 cm³/mol. The van der Waals surface area contributed by atoms with Crippen LogP contribution in [0.2, 0.25) is 0 Å². The van der Waals surface area contributed by atoms with Crippen molar-refractivity contribution in [2.75, 3.05) is 5.32 Å². The van der Waals surface area contributed by atoms with Gasteiger partial charge in [-0.15, -0.1) is 11.3 Å². The fourth-order valence-corrected chi connectivity index (χ4v) is 4.55. The second kappa shape index (κ2) is 9.26. The van der Waals surface area contributed by atoms with E-state index < -0.39 is 5.91 Å². The number of thiophene rings is 1. The van der Waals surface area contributed by atoms with E-state index in [1.165, 1.54) is 6.07 Å². The molecule has 0 bridgehead atoms. The number of carbonyl (C=O) groups excluding carboxylic acids is 2. The van der Waals surface area contributed by atoms with Crippen LogP contribution >= 0.6 is 11.3 Å². The van der Waals surface area contributed by atoms with Gasteiger partial charge in [-0.3, -0.25) is 14.4 Å². The number of para-hydroxylation sites is 1. The lowest BCUT2D eigenvalue weighted by Gasteiger charge is -2.15. The molecule has 1 saturated carbocycles. The zero-order valence-corrected chi connectivity index (χ0v) is 18.1. The first-order chi connectivity index (χ1) is 15.0. The Morgan fingerprint density at radius 3 is 2.61 bits per heavy atom. The number of benzene rings is 1. The van der Waals surface area contributed by atoms with Crippen molar-refractivity contribution in [1.29, 1.82) is 0 Å². The number of aromatic nitrogens is 2. The lowest BCUT2D eigenvalue weighted by atomic mass is 10.1. The van der Waals surface area contributed by atoms with Gasteiger partial charge in [0.1, 0.15) is 12.2 Å². The van der Waals surface area contributed by atoms with Crippen LogP contribution in [0.5, 0.6) is 0 Å². The van der Waals surface area contributed by atoms with E-state index in [9.17, 15) is 14.4 Å². The number of aryl methyl sites for hydroxylation is 1. The molecule has 1 fully saturated rings. The average molecular weight is 437 g/mol. The number of nitrogens with one attached hydrogen (secondary N) is 2. The quantitative estimate of drug-likeness (QED) is 0.618. The number of amides is 2. The maximum absolute atomic E-state index is 12.7. The van der Waals surface area contributed by atoms with Crippen LogP contribution in [0, 0.1) is 6.92 Å². The molecule has 1 aliphatic rings. The van der Waals surface area contributed by atoms with Crippen molar-refractivity contribution in [2.45, 2.75) is 45.2 Å². The summed E-state index contributed by atoms with van der Waals surface area (Å²) in [4.78, 5) is 39.6. The van der Waals surface area contributed by atoms with Crippen LogP contribution < -0.4 is 16.2 Å². The summed E-state index contributed by atoms with van der Waals surface area (Å²) in [6, 6.07) is 14.1. The van der Waals surface area contributed by atoms with Gasteiger partial charge in [-0.25, -0.2) is 4.68 Å². The Morgan fingerprint density at radius 1 is 1.10 bits per heavy atom. The topological polar surface area (TPSA) is 93.1 Å². The molecule has 0 saturated heterocycles. The van der Waals surface area contributed by atoms with Crippen molar-refractivity contribution >= 4 is 28.8 Å². The van der Waals surface area contributed by atoms with Crippen molar-refractivity contribution in [2.24, 2.45) is 0 Å². The van der Waals surface area contributed by atoms with Gasteiger partial charge in [0.25, 0.3) is 11.5 Å². The van der Waals surface area contributed by atoms with Gasteiger partial charge in [0.05, 0.1) is 16.1 Å². The van der Waals surface area contributed by atoms with E-state index in [2.05, 4.69) is 15.7 Å². The van der Waals surface area contributed by atoms with Gasteiger partial charge >= 0.3 is 0 Å². The Balaban J connectivity index is 1.48. The van der Waals surface area contributed by atoms with E-state index in [-0.39, 0.29) is 24.1 Å². The molecule has 2 amide bonds. The molecule has 2 aromatic heterocycles. The lowest BCUT2D eigenvalue weighted by Crippen LogP contribution is -2.34. The number of carbonyl (C=O) groups is 2. The summed E-state index contributed by atoms with van der Waals surface area (Å²) < 4.78 is 1.14. The molecule has 1 aromatic carbocycles. The third kappa shape index (κ3) is 5.08. The number of rotatable bonds is 6. The maximum atomic E-state index is 12.7. The first-order valence-corrected chi connectivity index (χ1v) is 11.2. The summed E-state index contributed by atoms with van der Waals surface area (Å²) in [6.07, 6.45) is 4.20. The summed E-state index contributed by atoms with van der Waals surface area (Å²) in [6.45, 7) is 1.76. The standard InChI is InChI=1S/C23H24N4O3S/c1-15-10-12-20(31-15)19-11-13-22(29)27(26-19)14-21(28)25-18-9-5-4-8-17(18)23(30)24-16-6-2-3-7-16/h4-5,8-13,16H,2-3,6-7,14H2,1H3,(H,24,30)(H,25,28). The number of hydrogen-bond acceptors (Lipinski definition) is 5. The highest BCUT2D eigenvalue weighted by molar-refractivity contribution is 7.15. The third-order valence-corrected chi connectivity index (χ3v) is 6.31. The zero-order chi connectivity index (χ0) is 21.8. The Hall–Kier alpha value is -3.26. The molecule has 0 aliphatic heterocycles. The fraction of sp³-hybridized carbons (Fsp3) is 0.304. The minimum Gasteiger partial charge on any atom is -0.349 e. The largest absolute Gasteiger partial charge is 0.349 e. The summed E-state index contributed by atoms with van der Waals surface area (Å²) in [7, 11) is 0. The van der Waals surface area contributed by atoms with Crippen LogP contribution in [-0.4, -0.2) is 27.6 Å². The van der Waals surface area contributed by atoms with E-state index in [4.69, 9.17) is 0 Å². The molecule has 1 aliphatic carbocycles. The van der Waals surface area contributed by atoms with Gasteiger partial charge in [0.2, 0.25) is 5.91 Å². The molecular weight excluding hydrogens is 412 g/mol. The number of hydrogen-bond donors (Lipinski definition) is 2. The molecule has 7 nitrogen and oxygen atoms in total. The van der Waals surface area contributed by atoms with E-state index >= 15 is 0 Å². The summed E-state index contributed by atoms with van der Waals surface area (Å²) in [5.74, 6) is -0.622. The van der Waals surface area contributed by atoms with Gasteiger partial charge in [0, 0.05) is 17.0 Å². The van der Waals surface area contributed by atoms with Gasteiger partial charge in [-0.1, -0.05) is 25.0 Å². The Morgan fingerprint density at radius 2 is 1.87 bits per heavy atom. The highest BCUT2D eigenvalue weighted by atomic mass is 32.1. The van der Waals surface area contributed by atoms with Crippen LogP contribution in [0.4, 0.5) is 5.69 Å². The second-order valence-electron chi connectivity index (χ2n) is 7.67. The first-order valence-electron chi connectivity index (χ1n) is 10.3. The molecule has 3 aromatic rings. The summed E-state index contributed by atoms with van der Waals surface area (Å²) in [5.41, 5.74) is 1.10. The lowest BCUT2D eigenvalue weighted by molar-refractivity contribution is -0.117. The Kier molecular flexibility index (Phi) is 6.27. The molecule has 2 heterocycles. The van der Waals surface area contributed by atoms with Crippen LogP contribution in [0.25, 0.3) is 10.6 Å². The van der Waals surface area contributed by atoms with Crippen molar-refractivity contribution < 1.29 is 9.59 Å². The molecule has 4 rings (SSSR count). The van der Waals surface area contributed by atoms with Crippen LogP contribution in [0.3, 0.4) is 0 Å². The SMILES string of the molecule is Cc1ccc(-c2ccc(=O)n(CC(=O)Nc3ccccc3C(=O)NC3CCCC3)n2)s1. The minimum absolute atomic E-state index is 0.183. The average Bonchev–Trinajstić information content (AvgIpc) is 3.42. The summed E-state index contributed by atoms with van der Waals surface area (Å²) in [5, 5.41) is 10.1. The van der Waals surface area contributed by atoms with Crippen molar-refractivity contribution in [3.8, 4) is 10.6 Å². The van der Waals surface area contributed by atoms with E-state index in [1.54, 1.807) is 41.7 Å². The molecule has 2 N–H and O–H groups in total. The van der Waals surface area contributed by atoms with Crippen molar-refractivity contribution in [3.05, 3.63) is 69.3 Å². The van der Waals surface area contributed by atoms with Gasteiger partial charge in [-0.05, 0) is 50.1 Å². The molecular formula is C23H24N4O3S. The molecule has 0 atom stereocenters. The minimum atomic E-state index is -0.421. The highest BCUT2D eigenvalue weighted by Crippen LogP contribution is 2.25. The highest BCUT2D eigenvalue weighted by Gasteiger charge is 2.20. The van der Waals surface area contributed by atoms with Gasteiger partial charge < -0.3 is 10.6 Å². The van der Waals surface area contributed by atoms with Crippen LogP contribution in [-0.2, 0) is 11.3 Å². The van der Waals surface area contributed by atoms with Crippen LogP contribution in [0.15, 0.2) is 53.3 Å². The predicted octanol–water partition coefficient (Wildman–Crippen LogP) is 3.59. The van der Waals surface area contributed by atoms with Crippen molar-refractivity contribution in [3.63, 3.8) is 0 Å². The van der Waals surface area contributed by atoms with E-state index in [1.807, 2.05) is 19.1 Å². The van der Waals surface area contributed by atoms with Gasteiger partial charge in [0.15, 0.2) is 0 Å². The third-order valence-electron chi connectivity index (χ3n) is 5.29. The van der Waals surface area contributed by atoms with E-state index in [0.717, 1.165) is 40.1 Å². The first kappa shape index (κ1) is 21.0. The smallest absolute Gasteiger partial charge is 0.267 e.